The van der Waals surface area contributed by atoms with Crippen LogP contribution in [-0.4, -0.2) is 27.8 Å². The third-order valence-electron chi connectivity index (χ3n) is 1.99. The fourth-order valence-corrected chi connectivity index (χ4v) is 2.08. The number of carbonyl (C=O) groups is 1. The third kappa shape index (κ3) is 5.46. The average molecular weight is 294 g/mol. The molecule has 4 nitrogen and oxygen atoms in total. The molecule has 0 aliphatic heterocycles. The van der Waals surface area contributed by atoms with Crippen molar-refractivity contribution in [1.82, 2.24) is 9.97 Å². The van der Waals surface area contributed by atoms with Gasteiger partial charge < -0.3 is 4.74 Å². The average Bonchev–Trinajstić information content (AvgIpc) is 2.28. The molecule has 0 unspecified atom stereocenters. The highest BCUT2D eigenvalue weighted by molar-refractivity contribution is 7.99. The van der Waals surface area contributed by atoms with Gasteiger partial charge >= 0.3 is 12.1 Å². The van der Waals surface area contributed by atoms with Crippen molar-refractivity contribution in [2.75, 3.05) is 6.61 Å². The molecule has 19 heavy (non-hydrogen) atoms. The standard InChI is InChI=1S/C11H13F3N2O2S/c1-3-18-9(17)6-7(2)19-10-15-5-4-8(16-10)11(12,13)14/h4-5,7H,3,6H2,1-2H3/t7-/m0/s1. The molecule has 0 spiro atoms. The molecular weight excluding hydrogens is 281 g/mol. The lowest BCUT2D eigenvalue weighted by Gasteiger charge is -2.10. The summed E-state index contributed by atoms with van der Waals surface area (Å²) in [6.07, 6.45) is -3.35. The van der Waals surface area contributed by atoms with Crippen LogP contribution in [-0.2, 0) is 15.7 Å². The number of carbonyl (C=O) groups excluding carboxylic acids is 1. The minimum Gasteiger partial charge on any atom is -0.466 e. The van der Waals surface area contributed by atoms with Crippen LogP contribution in [0.4, 0.5) is 13.2 Å². The molecule has 0 amide bonds. The van der Waals surface area contributed by atoms with Crippen molar-refractivity contribution in [2.24, 2.45) is 0 Å². The molecule has 8 heteroatoms. The number of hydrogen-bond acceptors (Lipinski definition) is 5. The van der Waals surface area contributed by atoms with Crippen molar-refractivity contribution in [1.29, 1.82) is 0 Å². The number of thioether (sulfide) groups is 1. The van der Waals surface area contributed by atoms with Crippen molar-refractivity contribution in [3.05, 3.63) is 18.0 Å². The predicted molar refractivity (Wildman–Crippen MR) is 63.6 cm³/mol. The van der Waals surface area contributed by atoms with Gasteiger partial charge in [-0.1, -0.05) is 18.7 Å². The lowest BCUT2D eigenvalue weighted by molar-refractivity contribution is -0.143. The first-order chi connectivity index (χ1) is 8.82. The molecule has 0 fully saturated rings. The summed E-state index contributed by atoms with van der Waals surface area (Å²) in [4.78, 5) is 18.4. The fourth-order valence-electron chi connectivity index (χ4n) is 1.23. The van der Waals surface area contributed by atoms with Gasteiger partial charge in [0.2, 0.25) is 0 Å². The van der Waals surface area contributed by atoms with Gasteiger partial charge in [0.1, 0.15) is 5.69 Å². The van der Waals surface area contributed by atoms with E-state index in [1.165, 1.54) is 0 Å². The van der Waals surface area contributed by atoms with Crippen molar-refractivity contribution >= 4 is 17.7 Å². The number of rotatable bonds is 5. The molecule has 1 atom stereocenters. The molecule has 1 aromatic heterocycles. The zero-order chi connectivity index (χ0) is 14.5. The normalized spacial score (nSPS) is 13.1. The molecule has 1 aromatic rings. The maximum absolute atomic E-state index is 12.4. The first-order valence-electron chi connectivity index (χ1n) is 5.55. The molecule has 1 heterocycles. The molecular formula is C11H13F3N2O2S. The lowest BCUT2D eigenvalue weighted by Crippen LogP contribution is -2.12. The first kappa shape index (κ1) is 15.7. The Morgan fingerprint density at radius 2 is 2.21 bits per heavy atom. The minimum atomic E-state index is -4.50. The Balaban J connectivity index is 2.64. The van der Waals surface area contributed by atoms with Crippen LogP contribution in [0.5, 0.6) is 0 Å². The van der Waals surface area contributed by atoms with E-state index >= 15 is 0 Å². The third-order valence-corrected chi connectivity index (χ3v) is 2.97. The summed E-state index contributed by atoms with van der Waals surface area (Å²) in [6.45, 7) is 3.66. The van der Waals surface area contributed by atoms with Crippen LogP contribution in [0.15, 0.2) is 17.4 Å². The number of aromatic nitrogens is 2. The van der Waals surface area contributed by atoms with Crippen LogP contribution in [0.25, 0.3) is 0 Å². The van der Waals surface area contributed by atoms with Gasteiger partial charge in [0.25, 0.3) is 0 Å². The van der Waals surface area contributed by atoms with Gasteiger partial charge in [0.15, 0.2) is 5.16 Å². The molecule has 0 saturated carbocycles. The smallest absolute Gasteiger partial charge is 0.433 e. The Kier molecular flexibility index (Phi) is 5.59. The number of halogens is 3. The zero-order valence-electron chi connectivity index (χ0n) is 10.4. The van der Waals surface area contributed by atoms with E-state index in [0.29, 0.717) is 0 Å². The molecule has 0 radical (unpaired) electrons. The topological polar surface area (TPSA) is 52.1 Å². The van der Waals surface area contributed by atoms with Crippen molar-refractivity contribution in [2.45, 2.75) is 36.9 Å². The number of esters is 1. The summed E-state index contributed by atoms with van der Waals surface area (Å²) in [5.74, 6) is -0.394. The van der Waals surface area contributed by atoms with Gasteiger partial charge in [-0.05, 0) is 13.0 Å². The molecule has 0 N–H and O–H groups in total. The number of hydrogen-bond donors (Lipinski definition) is 0. The minimum absolute atomic E-state index is 0.00776. The van der Waals surface area contributed by atoms with E-state index in [9.17, 15) is 18.0 Å². The number of alkyl halides is 3. The molecule has 0 aliphatic carbocycles. The highest BCUT2D eigenvalue weighted by atomic mass is 32.2. The van der Waals surface area contributed by atoms with Gasteiger partial charge in [-0.3, -0.25) is 4.79 Å². The van der Waals surface area contributed by atoms with E-state index in [1.54, 1.807) is 13.8 Å². The number of ether oxygens (including phenoxy) is 1. The van der Waals surface area contributed by atoms with Gasteiger partial charge in [-0.25, -0.2) is 9.97 Å². The van der Waals surface area contributed by atoms with E-state index < -0.39 is 17.8 Å². The summed E-state index contributed by atoms with van der Waals surface area (Å²) in [5.41, 5.74) is -0.992. The summed E-state index contributed by atoms with van der Waals surface area (Å²) in [7, 11) is 0. The maximum Gasteiger partial charge on any atom is 0.433 e. The van der Waals surface area contributed by atoms with Crippen molar-refractivity contribution < 1.29 is 22.7 Å². The highest BCUT2D eigenvalue weighted by Gasteiger charge is 2.32. The molecule has 106 valence electrons. The van der Waals surface area contributed by atoms with Gasteiger partial charge in [-0.2, -0.15) is 13.2 Å². The molecule has 0 bridgehead atoms. The first-order valence-corrected chi connectivity index (χ1v) is 6.43. The second-order valence-corrected chi connectivity index (χ2v) is 5.07. The predicted octanol–water partition coefficient (Wildman–Crippen LogP) is 2.93. The van der Waals surface area contributed by atoms with E-state index in [0.717, 1.165) is 24.0 Å². The van der Waals surface area contributed by atoms with E-state index in [2.05, 4.69) is 9.97 Å². The molecule has 0 saturated heterocycles. The fraction of sp³-hybridized carbons (Fsp3) is 0.545. The summed E-state index contributed by atoms with van der Waals surface area (Å²) in [5, 5.41) is -0.269. The van der Waals surface area contributed by atoms with Gasteiger partial charge in [0, 0.05) is 11.4 Å². The Morgan fingerprint density at radius 3 is 2.79 bits per heavy atom. The summed E-state index contributed by atoms with van der Waals surface area (Å²) < 4.78 is 42.1. The van der Waals surface area contributed by atoms with Crippen LogP contribution >= 0.6 is 11.8 Å². The van der Waals surface area contributed by atoms with E-state index in [-0.39, 0.29) is 23.4 Å². The SMILES string of the molecule is CCOC(=O)C[C@H](C)Sc1nccc(C(F)(F)F)n1. The van der Waals surface area contributed by atoms with Crippen LogP contribution in [0.1, 0.15) is 26.0 Å². The molecule has 0 aromatic carbocycles. The quantitative estimate of drug-likeness (QED) is 0.475. The lowest BCUT2D eigenvalue weighted by atomic mass is 10.3. The van der Waals surface area contributed by atoms with E-state index in [4.69, 9.17) is 4.74 Å². The Bertz CT molecular complexity index is 440. The van der Waals surface area contributed by atoms with E-state index in [1.807, 2.05) is 0 Å². The monoisotopic (exact) mass is 294 g/mol. The summed E-state index contributed by atoms with van der Waals surface area (Å²) >= 11 is 1.00. The van der Waals surface area contributed by atoms with Gasteiger partial charge in [0.05, 0.1) is 13.0 Å². The van der Waals surface area contributed by atoms with Crippen molar-refractivity contribution in [3.8, 4) is 0 Å². The second kappa shape index (κ2) is 6.74. The van der Waals surface area contributed by atoms with Crippen molar-refractivity contribution in [3.63, 3.8) is 0 Å². The summed E-state index contributed by atoms with van der Waals surface area (Å²) in [6, 6.07) is 0.806. The largest absolute Gasteiger partial charge is 0.466 e. The molecule has 0 aliphatic rings. The maximum atomic E-state index is 12.4. The Labute approximate surface area is 112 Å². The highest BCUT2D eigenvalue weighted by Crippen LogP contribution is 2.29. The molecule has 1 rings (SSSR count). The zero-order valence-corrected chi connectivity index (χ0v) is 11.2. The Hall–Kier alpha value is -1.31. The van der Waals surface area contributed by atoms with Crippen LogP contribution in [0.3, 0.4) is 0 Å². The van der Waals surface area contributed by atoms with Crippen LogP contribution in [0.2, 0.25) is 0 Å². The van der Waals surface area contributed by atoms with Gasteiger partial charge in [-0.15, -0.1) is 0 Å². The van der Waals surface area contributed by atoms with Crippen LogP contribution < -0.4 is 0 Å². The number of nitrogens with zero attached hydrogens (tertiary/aromatic N) is 2. The second-order valence-electron chi connectivity index (χ2n) is 3.66. The van der Waals surface area contributed by atoms with Crippen LogP contribution in [0, 0.1) is 0 Å². The Morgan fingerprint density at radius 1 is 1.53 bits per heavy atom.